The second-order valence-electron chi connectivity index (χ2n) is 5.52. The first-order valence-electron chi connectivity index (χ1n) is 6.95. The molecule has 1 atom stereocenters. The zero-order valence-electron chi connectivity index (χ0n) is 12.2. The monoisotopic (exact) mass is 289 g/mol. The molecular formula is C14H19N5O2. The third kappa shape index (κ3) is 2.69. The van der Waals surface area contributed by atoms with Gasteiger partial charge in [-0.1, -0.05) is 0 Å². The molecule has 1 aliphatic rings. The van der Waals surface area contributed by atoms with E-state index in [9.17, 15) is 0 Å². The summed E-state index contributed by atoms with van der Waals surface area (Å²) in [5.74, 6) is 1.30. The van der Waals surface area contributed by atoms with Gasteiger partial charge in [-0.25, -0.2) is 4.68 Å². The second-order valence-corrected chi connectivity index (χ2v) is 5.52. The van der Waals surface area contributed by atoms with Crippen molar-refractivity contribution < 1.29 is 9.47 Å². The lowest BCUT2D eigenvalue weighted by Gasteiger charge is -2.23. The van der Waals surface area contributed by atoms with Gasteiger partial charge in [-0.15, -0.1) is 5.10 Å². The Morgan fingerprint density at radius 3 is 3.05 bits per heavy atom. The standard InChI is InChI=1S/C14H19N5O2/c1-14(6-3-7-21-14)9-19-13(16-17-18-19)10-4-5-11(15)12(8-10)20-2/h4-5,8H,3,6-7,9,15H2,1-2H3. The molecule has 3 rings (SSSR count). The Labute approximate surface area is 123 Å². The number of nitrogen functional groups attached to an aromatic ring is 1. The number of rotatable bonds is 4. The summed E-state index contributed by atoms with van der Waals surface area (Å²) in [6.07, 6.45) is 2.08. The van der Waals surface area contributed by atoms with E-state index in [1.54, 1.807) is 17.9 Å². The molecule has 0 amide bonds. The Morgan fingerprint density at radius 1 is 1.48 bits per heavy atom. The molecule has 0 saturated carbocycles. The van der Waals surface area contributed by atoms with Gasteiger partial charge < -0.3 is 15.2 Å². The highest BCUT2D eigenvalue weighted by molar-refractivity contribution is 5.65. The first-order valence-corrected chi connectivity index (χ1v) is 6.95. The van der Waals surface area contributed by atoms with Crippen molar-refractivity contribution in [1.29, 1.82) is 0 Å². The lowest BCUT2D eigenvalue weighted by atomic mass is 10.0. The van der Waals surface area contributed by atoms with Crippen LogP contribution in [0, 0.1) is 0 Å². The fourth-order valence-corrected chi connectivity index (χ4v) is 2.65. The zero-order valence-corrected chi connectivity index (χ0v) is 12.2. The van der Waals surface area contributed by atoms with E-state index in [-0.39, 0.29) is 5.60 Å². The number of tetrazole rings is 1. The van der Waals surface area contributed by atoms with Crippen molar-refractivity contribution in [1.82, 2.24) is 20.2 Å². The summed E-state index contributed by atoms with van der Waals surface area (Å²) in [7, 11) is 1.59. The van der Waals surface area contributed by atoms with Crippen molar-refractivity contribution >= 4 is 5.69 Å². The molecule has 7 heteroatoms. The van der Waals surface area contributed by atoms with Crippen LogP contribution in [0.15, 0.2) is 18.2 Å². The molecule has 2 heterocycles. The fourth-order valence-electron chi connectivity index (χ4n) is 2.65. The molecule has 21 heavy (non-hydrogen) atoms. The molecule has 7 nitrogen and oxygen atoms in total. The van der Waals surface area contributed by atoms with Gasteiger partial charge in [0.25, 0.3) is 0 Å². The van der Waals surface area contributed by atoms with E-state index in [1.807, 2.05) is 12.1 Å². The van der Waals surface area contributed by atoms with E-state index in [1.165, 1.54) is 0 Å². The van der Waals surface area contributed by atoms with E-state index in [2.05, 4.69) is 22.4 Å². The van der Waals surface area contributed by atoms with Crippen LogP contribution in [0.3, 0.4) is 0 Å². The SMILES string of the molecule is COc1cc(-c2nnnn2CC2(C)CCCO2)ccc1N. The average Bonchev–Trinajstić information content (AvgIpc) is 3.09. The molecule has 0 bridgehead atoms. The molecule has 1 aliphatic heterocycles. The maximum absolute atomic E-state index is 5.84. The number of nitrogens with two attached hydrogens (primary N) is 1. The predicted octanol–water partition coefficient (Wildman–Crippen LogP) is 1.50. The van der Waals surface area contributed by atoms with Gasteiger partial charge in [0.2, 0.25) is 0 Å². The summed E-state index contributed by atoms with van der Waals surface area (Å²) in [5, 5.41) is 12.0. The Hall–Kier alpha value is -2.15. The van der Waals surface area contributed by atoms with Crippen LogP contribution < -0.4 is 10.5 Å². The minimum atomic E-state index is -0.206. The molecule has 2 aromatic rings. The fraction of sp³-hybridized carbons (Fsp3) is 0.500. The maximum atomic E-state index is 5.84. The van der Waals surface area contributed by atoms with E-state index in [0.717, 1.165) is 25.0 Å². The topological polar surface area (TPSA) is 88.1 Å². The lowest BCUT2D eigenvalue weighted by Crippen LogP contribution is -2.30. The van der Waals surface area contributed by atoms with E-state index in [4.69, 9.17) is 15.2 Å². The third-order valence-electron chi connectivity index (χ3n) is 3.81. The van der Waals surface area contributed by atoms with Crippen LogP contribution in [0.25, 0.3) is 11.4 Å². The van der Waals surface area contributed by atoms with Gasteiger partial charge in [0.1, 0.15) is 5.75 Å². The smallest absolute Gasteiger partial charge is 0.182 e. The van der Waals surface area contributed by atoms with Crippen LogP contribution in [-0.4, -0.2) is 39.5 Å². The Morgan fingerprint density at radius 2 is 2.33 bits per heavy atom. The summed E-state index contributed by atoms with van der Waals surface area (Å²) < 4.78 is 12.8. The van der Waals surface area contributed by atoms with Crippen molar-refractivity contribution in [2.75, 3.05) is 19.5 Å². The molecule has 2 N–H and O–H groups in total. The van der Waals surface area contributed by atoms with Gasteiger partial charge in [0.05, 0.1) is 24.9 Å². The van der Waals surface area contributed by atoms with Gasteiger partial charge in [-0.2, -0.15) is 0 Å². The van der Waals surface area contributed by atoms with Crippen LogP contribution in [0.5, 0.6) is 5.75 Å². The highest BCUT2D eigenvalue weighted by Crippen LogP contribution is 2.30. The molecule has 1 saturated heterocycles. The second kappa shape index (κ2) is 5.33. The number of hydrogen-bond donors (Lipinski definition) is 1. The van der Waals surface area contributed by atoms with Gasteiger partial charge in [0.15, 0.2) is 5.82 Å². The lowest BCUT2D eigenvalue weighted by molar-refractivity contribution is 0.00355. The average molecular weight is 289 g/mol. The molecule has 1 aromatic heterocycles. The quantitative estimate of drug-likeness (QED) is 0.858. The minimum absolute atomic E-state index is 0.206. The van der Waals surface area contributed by atoms with Crippen molar-refractivity contribution in [2.45, 2.75) is 31.9 Å². The summed E-state index contributed by atoms with van der Waals surface area (Å²) >= 11 is 0. The molecule has 1 fully saturated rings. The first-order chi connectivity index (χ1) is 10.1. The van der Waals surface area contributed by atoms with E-state index in [0.29, 0.717) is 23.8 Å². The number of anilines is 1. The van der Waals surface area contributed by atoms with Gasteiger partial charge in [0, 0.05) is 12.2 Å². The molecule has 0 radical (unpaired) electrons. The summed E-state index contributed by atoms with van der Waals surface area (Å²) in [4.78, 5) is 0. The van der Waals surface area contributed by atoms with Gasteiger partial charge in [-0.05, 0) is 48.4 Å². The predicted molar refractivity (Wildman–Crippen MR) is 77.8 cm³/mol. The normalized spacial score (nSPS) is 21.6. The van der Waals surface area contributed by atoms with E-state index < -0.39 is 0 Å². The highest BCUT2D eigenvalue weighted by atomic mass is 16.5. The van der Waals surface area contributed by atoms with E-state index >= 15 is 0 Å². The highest BCUT2D eigenvalue weighted by Gasteiger charge is 2.31. The van der Waals surface area contributed by atoms with Crippen LogP contribution >= 0.6 is 0 Å². The molecular weight excluding hydrogens is 270 g/mol. The van der Waals surface area contributed by atoms with Crippen molar-refractivity contribution in [3.05, 3.63) is 18.2 Å². The van der Waals surface area contributed by atoms with Crippen molar-refractivity contribution in [3.8, 4) is 17.1 Å². The number of methoxy groups -OCH3 is 1. The maximum Gasteiger partial charge on any atom is 0.182 e. The number of nitrogens with zero attached hydrogens (tertiary/aromatic N) is 4. The molecule has 0 aliphatic carbocycles. The van der Waals surface area contributed by atoms with Crippen LogP contribution in [0.1, 0.15) is 19.8 Å². The third-order valence-corrected chi connectivity index (χ3v) is 3.81. The molecule has 112 valence electrons. The number of ether oxygens (including phenoxy) is 2. The van der Waals surface area contributed by atoms with Crippen LogP contribution in [0.2, 0.25) is 0 Å². The van der Waals surface area contributed by atoms with Crippen LogP contribution in [0.4, 0.5) is 5.69 Å². The zero-order chi connectivity index (χ0) is 14.9. The Kier molecular flexibility index (Phi) is 3.50. The summed E-state index contributed by atoms with van der Waals surface area (Å²) in [6.45, 7) is 3.51. The Balaban J connectivity index is 1.91. The number of aromatic nitrogens is 4. The summed E-state index contributed by atoms with van der Waals surface area (Å²) in [6, 6.07) is 5.52. The largest absolute Gasteiger partial charge is 0.495 e. The number of benzene rings is 1. The molecule has 1 aromatic carbocycles. The van der Waals surface area contributed by atoms with Crippen LogP contribution in [-0.2, 0) is 11.3 Å². The minimum Gasteiger partial charge on any atom is -0.495 e. The van der Waals surface area contributed by atoms with Crippen molar-refractivity contribution in [3.63, 3.8) is 0 Å². The van der Waals surface area contributed by atoms with Crippen molar-refractivity contribution in [2.24, 2.45) is 0 Å². The van der Waals surface area contributed by atoms with Gasteiger partial charge >= 0.3 is 0 Å². The molecule has 1 unspecified atom stereocenters. The first kappa shape index (κ1) is 13.8. The van der Waals surface area contributed by atoms with Gasteiger partial charge in [-0.3, -0.25) is 0 Å². The number of hydrogen-bond acceptors (Lipinski definition) is 6. The molecule has 0 spiro atoms. The Bertz CT molecular complexity index is 634. The summed E-state index contributed by atoms with van der Waals surface area (Å²) in [5.41, 5.74) is 7.09.